The van der Waals surface area contributed by atoms with Crippen molar-refractivity contribution < 1.29 is 14.0 Å². The van der Waals surface area contributed by atoms with Gasteiger partial charge in [0.2, 0.25) is 11.8 Å². The van der Waals surface area contributed by atoms with Crippen LogP contribution in [0.5, 0.6) is 0 Å². The Labute approximate surface area is 110 Å². The van der Waals surface area contributed by atoms with Gasteiger partial charge in [-0.25, -0.2) is 4.39 Å². The fraction of sp³-hybridized carbons (Fsp3) is 0.385. The van der Waals surface area contributed by atoms with Crippen LogP contribution in [0.1, 0.15) is 25.5 Å². The molecule has 0 radical (unpaired) electrons. The summed E-state index contributed by atoms with van der Waals surface area (Å²) in [6.45, 7) is 4.04. The van der Waals surface area contributed by atoms with Crippen LogP contribution >= 0.6 is 0 Å². The zero-order valence-corrected chi connectivity index (χ0v) is 10.8. The Kier molecular flexibility index (Phi) is 3.80. The Morgan fingerprint density at radius 2 is 2.26 bits per heavy atom. The van der Waals surface area contributed by atoms with Crippen molar-refractivity contribution in [1.29, 1.82) is 0 Å². The third-order valence-electron chi connectivity index (χ3n) is 3.01. The number of benzene rings is 1. The zero-order valence-electron chi connectivity index (χ0n) is 10.8. The Morgan fingerprint density at radius 1 is 1.53 bits per heavy atom. The van der Waals surface area contributed by atoms with E-state index in [9.17, 15) is 14.0 Å². The van der Waals surface area contributed by atoms with Crippen LogP contribution in [-0.4, -0.2) is 24.4 Å². The Balaban J connectivity index is 2.14. The van der Waals surface area contributed by atoms with Gasteiger partial charge in [0.25, 0.3) is 0 Å². The predicted octanol–water partition coefficient (Wildman–Crippen LogP) is 0.933. The number of halogens is 1. The minimum atomic E-state index is -0.631. The number of likely N-dealkylation sites (N-methyl/N-ethyl adjacent to an activating group) is 1. The van der Waals surface area contributed by atoms with Gasteiger partial charge in [-0.1, -0.05) is 6.07 Å². The summed E-state index contributed by atoms with van der Waals surface area (Å²) in [4.78, 5) is 23.5. The zero-order chi connectivity index (χ0) is 14.0. The molecule has 0 fully saturated rings. The minimum absolute atomic E-state index is 0.175. The van der Waals surface area contributed by atoms with Crippen LogP contribution < -0.4 is 16.0 Å². The summed E-state index contributed by atoms with van der Waals surface area (Å²) in [7, 11) is 0. The maximum absolute atomic E-state index is 13.1. The normalized spacial score (nSPS) is 18.7. The highest BCUT2D eigenvalue weighted by Crippen LogP contribution is 2.31. The highest BCUT2D eigenvalue weighted by Gasteiger charge is 2.32. The summed E-state index contributed by atoms with van der Waals surface area (Å²) in [5.74, 6) is -0.862. The predicted molar refractivity (Wildman–Crippen MR) is 69.1 cm³/mol. The van der Waals surface area contributed by atoms with E-state index in [0.29, 0.717) is 17.8 Å². The molecular weight excluding hydrogens is 249 g/mol. The van der Waals surface area contributed by atoms with Crippen molar-refractivity contribution >= 4 is 17.5 Å². The van der Waals surface area contributed by atoms with E-state index < -0.39 is 17.9 Å². The SMILES string of the molecule is CCNC(=O)C(C)NC1C(=O)Nc2cc(F)ccc21. The number of carbonyl (C=O) groups excluding carboxylic acids is 2. The monoisotopic (exact) mass is 265 g/mol. The summed E-state index contributed by atoms with van der Waals surface area (Å²) >= 11 is 0. The van der Waals surface area contributed by atoms with Crippen LogP contribution in [0.4, 0.5) is 10.1 Å². The van der Waals surface area contributed by atoms with Gasteiger partial charge < -0.3 is 10.6 Å². The first-order valence-corrected chi connectivity index (χ1v) is 6.17. The summed E-state index contributed by atoms with van der Waals surface area (Å²) < 4.78 is 13.1. The molecule has 0 spiro atoms. The fourth-order valence-corrected chi connectivity index (χ4v) is 2.05. The molecule has 1 aliphatic heterocycles. The van der Waals surface area contributed by atoms with Gasteiger partial charge in [0.15, 0.2) is 0 Å². The molecular formula is C13H16FN3O2. The summed E-state index contributed by atoms with van der Waals surface area (Å²) in [5, 5.41) is 8.21. The van der Waals surface area contributed by atoms with E-state index in [4.69, 9.17) is 0 Å². The molecule has 1 aromatic carbocycles. The second-order valence-electron chi connectivity index (χ2n) is 4.44. The maximum Gasteiger partial charge on any atom is 0.246 e. The molecule has 0 aromatic heterocycles. The van der Waals surface area contributed by atoms with Crippen molar-refractivity contribution in [2.45, 2.75) is 25.9 Å². The van der Waals surface area contributed by atoms with E-state index in [1.54, 1.807) is 13.0 Å². The van der Waals surface area contributed by atoms with E-state index in [1.165, 1.54) is 12.1 Å². The number of fused-ring (bicyclic) bond motifs is 1. The fourth-order valence-electron chi connectivity index (χ4n) is 2.05. The van der Waals surface area contributed by atoms with Crippen LogP contribution in [-0.2, 0) is 9.59 Å². The number of anilines is 1. The molecule has 2 amide bonds. The molecule has 1 heterocycles. The molecule has 0 bridgehead atoms. The van der Waals surface area contributed by atoms with Crippen molar-refractivity contribution in [3.63, 3.8) is 0 Å². The molecule has 5 nitrogen and oxygen atoms in total. The molecule has 2 atom stereocenters. The first-order chi connectivity index (χ1) is 9.02. The lowest BCUT2D eigenvalue weighted by atomic mass is 10.1. The highest BCUT2D eigenvalue weighted by atomic mass is 19.1. The van der Waals surface area contributed by atoms with Gasteiger partial charge in [0, 0.05) is 17.8 Å². The van der Waals surface area contributed by atoms with Gasteiger partial charge in [-0.15, -0.1) is 0 Å². The van der Waals surface area contributed by atoms with Gasteiger partial charge in [0.05, 0.1) is 6.04 Å². The Morgan fingerprint density at radius 3 is 2.95 bits per heavy atom. The number of carbonyl (C=O) groups is 2. The largest absolute Gasteiger partial charge is 0.355 e. The average molecular weight is 265 g/mol. The highest BCUT2D eigenvalue weighted by molar-refractivity contribution is 6.02. The van der Waals surface area contributed by atoms with Crippen LogP contribution in [0, 0.1) is 5.82 Å². The molecule has 1 aromatic rings. The standard InChI is InChI=1S/C13H16FN3O2/c1-3-15-12(18)7(2)16-11-9-5-4-8(14)6-10(9)17-13(11)19/h4-7,11,16H,3H2,1-2H3,(H,15,18)(H,17,19). The van der Waals surface area contributed by atoms with Crippen LogP contribution in [0.25, 0.3) is 0 Å². The molecule has 2 rings (SSSR count). The lowest BCUT2D eigenvalue weighted by Gasteiger charge is -2.17. The average Bonchev–Trinajstić information content (AvgIpc) is 2.65. The second-order valence-corrected chi connectivity index (χ2v) is 4.44. The number of nitrogens with one attached hydrogen (secondary N) is 3. The number of amides is 2. The number of hydrogen-bond donors (Lipinski definition) is 3. The van der Waals surface area contributed by atoms with Gasteiger partial charge in [0.1, 0.15) is 11.9 Å². The van der Waals surface area contributed by atoms with Gasteiger partial charge in [-0.3, -0.25) is 14.9 Å². The van der Waals surface area contributed by atoms with Gasteiger partial charge >= 0.3 is 0 Å². The van der Waals surface area contributed by atoms with E-state index in [1.807, 2.05) is 6.92 Å². The molecule has 102 valence electrons. The molecule has 3 N–H and O–H groups in total. The molecule has 19 heavy (non-hydrogen) atoms. The summed E-state index contributed by atoms with van der Waals surface area (Å²) in [5.41, 5.74) is 1.10. The third kappa shape index (κ3) is 2.73. The number of rotatable bonds is 4. The Hall–Kier alpha value is -1.95. The van der Waals surface area contributed by atoms with Crippen LogP contribution in [0.2, 0.25) is 0 Å². The van der Waals surface area contributed by atoms with Crippen molar-refractivity contribution in [2.24, 2.45) is 0 Å². The summed E-state index contributed by atoms with van der Waals surface area (Å²) in [6, 6.07) is 2.97. The number of hydrogen-bond acceptors (Lipinski definition) is 3. The van der Waals surface area contributed by atoms with E-state index >= 15 is 0 Å². The molecule has 2 unspecified atom stereocenters. The lowest BCUT2D eigenvalue weighted by molar-refractivity contribution is -0.123. The van der Waals surface area contributed by atoms with Crippen molar-refractivity contribution in [1.82, 2.24) is 10.6 Å². The first-order valence-electron chi connectivity index (χ1n) is 6.17. The lowest BCUT2D eigenvalue weighted by Crippen LogP contribution is -2.45. The van der Waals surface area contributed by atoms with Crippen molar-refractivity contribution in [3.05, 3.63) is 29.6 Å². The van der Waals surface area contributed by atoms with Gasteiger partial charge in [-0.05, 0) is 26.0 Å². The third-order valence-corrected chi connectivity index (χ3v) is 3.01. The maximum atomic E-state index is 13.1. The molecule has 0 aliphatic carbocycles. The van der Waals surface area contributed by atoms with E-state index in [2.05, 4.69) is 16.0 Å². The summed E-state index contributed by atoms with van der Waals surface area (Å²) in [6.07, 6.45) is 0. The first kappa shape index (κ1) is 13.5. The smallest absolute Gasteiger partial charge is 0.246 e. The minimum Gasteiger partial charge on any atom is -0.355 e. The molecule has 6 heteroatoms. The van der Waals surface area contributed by atoms with Gasteiger partial charge in [-0.2, -0.15) is 0 Å². The van der Waals surface area contributed by atoms with Crippen molar-refractivity contribution in [3.8, 4) is 0 Å². The molecule has 0 saturated heterocycles. The topological polar surface area (TPSA) is 70.2 Å². The van der Waals surface area contributed by atoms with E-state index in [0.717, 1.165) is 0 Å². The Bertz CT molecular complexity index is 519. The van der Waals surface area contributed by atoms with Crippen LogP contribution in [0.3, 0.4) is 0 Å². The molecule has 1 aliphatic rings. The van der Waals surface area contributed by atoms with Crippen LogP contribution in [0.15, 0.2) is 18.2 Å². The van der Waals surface area contributed by atoms with Crippen molar-refractivity contribution in [2.75, 3.05) is 11.9 Å². The van der Waals surface area contributed by atoms with E-state index in [-0.39, 0.29) is 11.8 Å². The quantitative estimate of drug-likeness (QED) is 0.758. The second kappa shape index (κ2) is 5.36. The molecule has 0 saturated carbocycles.